The monoisotopic (exact) mass is 177 g/mol. The van der Waals surface area contributed by atoms with Crippen molar-refractivity contribution in [3.63, 3.8) is 0 Å². The van der Waals surface area contributed by atoms with E-state index < -0.39 is 0 Å². The zero-order valence-corrected chi connectivity index (χ0v) is 6.79. The molecule has 0 aliphatic heterocycles. The van der Waals surface area contributed by atoms with Crippen molar-refractivity contribution in [3.8, 4) is 11.3 Å². The van der Waals surface area contributed by atoms with Crippen molar-refractivity contribution < 1.29 is 4.39 Å². The van der Waals surface area contributed by atoms with Crippen LogP contribution in [0, 0.1) is 5.82 Å². The number of benzene rings is 1. The molecular formula is C9H8FN3. The molecule has 0 saturated heterocycles. The van der Waals surface area contributed by atoms with Crippen LogP contribution in [0.2, 0.25) is 0 Å². The van der Waals surface area contributed by atoms with Crippen LogP contribution in [0.3, 0.4) is 0 Å². The topological polar surface area (TPSA) is 54.7 Å². The van der Waals surface area contributed by atoms with Crippen molar-refractivity contribution in [1.29, 1.82) is 0 Å². The van der Waals surface area contributed by atoms with Crippen LogP contribution in [0.15, 0.2) is 30.5 Å². The minimum atomic E-state index is -0.286. The second kappa shape index (κ2) is 2.90. The Labute approximate surface area is 74.4 Å². The van der Waals surface area contributed by atoms with Crippen LogP contribution in [0.4, 0.5) is 10.1 Å². The van der Waals surface area contributed by atoms with Crippen molar-refractivity contribution in [2.45, 2.75) is 0 Å². The van der Waals surface area contributed by atoms with Gasteiger partial charge in [-0.25, -0.2) is 4.39 Å². The molecule has 2 rings (SSSR count). The van der Waals surface area contributed by atoms with Gasteiger partial charge in [0.1, 0.15) is 5.82 Å². The Bertz CT molecular complexity index is 422. The molecule has 66 valence electrons. The number of hydrogen-bond donors (Lipinski definition) is 2. The third-order valence-electron chi connectivity index (χ3n) is 1.78. The molecular weight excluding hydrogens is 169 g/mol. The first kappa shape index (κ1) is 7.79. The lowest BCUT2D eigenvalue weighted by Gasteiger charge is -1.98. The molecule has 0 aliphatic carbocycles. The molecule has 0 aliphatic rings. The van der Waals surface area contributed by atoms with Gasteiger partial charge in [-0.15, -0.1) is 0 Å². The molecule has 2 aromatic rings. The maximum atomic E-state index is 12.8. The number of aromatic amines is 1. The molecule has 0 saturated carbocycles. The quantitative estimate of drug-likeness (QED) is 0.697. The number of hydrogen-bond acceptors (Lipinski definition) is 2. The molecule has 0 unspecified atom stereocenters. The summed E-state index contributed by atoms with van der Waals surface area (Å²) in [4.78, 5) is 0. The number of halogens is 1. The van der Waals surface area contributed by atoms with E-state index in [1.165, 1.54) is 18.3 Å². The fraction of sp³-hybridized carbons (Fsp3) is 0. The van der Waals surface area contributed by atoms with Crippen LogP contribution in [0.5, 0.6) is 0 Å². The summed E-state index contributed by atoms with van der Waals surface area (Å²) in [7, 11) is 0. The summed E-state index contributed by atoms with van der Waals surface area (Å²) < 4.78 is 12.8. The summed E-state index contributed by atoms with van der Waals surface area (Å²) in [5.74, 6) is -0.286. The van der Waals surface area contributed by atoms with Crippen LogP contribution < -0.4 is 5.73 Å². The first-order valence-electron chi connectivity index (χ1n) is 3.82. The van der Waals surface area contributed by atoms with Crippen molar-refractivity contribution in [1.82, 2.24) is 10.2 Å². The molecule has 0 radical (unpaired) electrons. The second-order valence-electron chi connectivity index (χ2n) is 2.71. The van der Waals surface area contributed by atoms with Crippen LogP contribution in [0.1, 0.15) is 0 Å². The molecule has 0 bridgehead atoms. The summed E-state index contributed by atoms with van der Waals surface area (Å²) in [5, 5.41) is 6.46. The van der Waals surface area contributed by atoms with Gasteiger partial charge in [0.2, 0.25) is 0 Å². The standard InChI is InChI=1S/C9H8FN3/c10-7-3-1-2-6(4-7)9-8(11)5-12-13-9/h1-5H,11H2,(H,12,13). The molecule has 1 aromatic heterocycles. The fourth-order valence-corrected chi connectivity index (χ4v) is 1.17. The van der Waals surface area contributed by atoms with Crippen molar-refractivity contribution in [3.05, 3.63) is 36.3 Å². The van der Waals surface area contributed by atoms with Gasteiger partial charge in [0.05, 0.1) is 17.6 Å². The van der Waals surface area contributed by atoms with E-state index in [1.807, 2.05) is 0 Å². The predicted molar refractivity (Wildman–Crippen MR) is 48.4 cm³/mol. The van der Waals surface area contributed by atoms with Crippen LogP contribution in [-0.4, -0.2) is 10.2 Å². The van der Waals surface area contributed by atoms with E-state index in [2.05, 4.69) is 10.2 Å². The van der Waals surface area contributed by atoms with Gasteiger partial charge in [0.25, 0.3) is 0 Å². The molecule has 13 heavy (non-hydrogen) atoms. The largest absolute Gasteiger partial charge is 0.396 e. The highest BCUT2D eigenvalue weighted by Gasteiger charge is 2.04. The minimum absolute atomic E-state index is 0.286. The Hall–Kier alpha value is -1.84. The summed E-state index contributed by atoms with van der Waals surface area (Å²) in [6.45, 7) is 0. The number of nitrogens with one attached hydrogen (secondary N) is 1. The Kier molecular flexibility index (Phi) is 1.73. The third-order valence-corrected chi connectivity index (χ3v) is 1.78. The molecule has 0 amide bonds. The highest BCUT2D eigenvalue weighted by atomic mass is 19.1. The van der Waals surface area contributed by atoms with Gasteiger partial charge < -0.3 is 5.73 Å². The Morgan fingerprint density at radius 1 is 1.38 bits per heavy atom. The van der Waals surface area contributed by atoms with Crippen LogP contribution >= 0.6 is 0 Å². The predicted octanol–water partition coefficient (Wildman–Crippen LogP) is 1.80. The van der Waals surface area contributed by atoms with Crippen molar-refractivity contribution in [2.75, 3.05) is 5.73 Å². The molecule has 3 N–H and O–H groups in total. The lowest BCUT2D eigenvalue weighted by Crippen LogP contribution is -1.86. The van der Waals surface area contributed by atoms with E-state index in [-0.39, 0.29) is 5.82 Å². The first-order chi connectivity index (χ1) is 6.27. The van der Waals surface area contributed by atoms with Gasteiger partial charge >= 0.3 is 0 Å². The SMILES string of the molecule is Nc1cn[nH]c1-c1cccc(F)c1. The Balaban J connectivity index is 2.53. The van der Waals surface area contributed by atoms with Gasteiger partial charge in [-0.2, -0.15) is 5.10 Å². The maximum absolute atomic E-state index is 12.8. The lowest BCUT2D eigenvalue weighted by molar-refractivity contribution is 0.628. The Morgan fingerprint density at radius 3 is 2.85 bits per heavy atom. The highest BCUT2D eigenvalue weighted by molar-refractivity contribution is 5.71. The van der Waals surface area contributed by atoms with Crippen molar-refractivity contribution >= 4 is 5.69 Å². The molecule has 4 heteroatoms. The fourth-order valence-electron chi connectivity index (χ4n) is 1.17. The number of nitrogens with two attached hydrogens (primary N) is 1. The number of H-pyrrole nitrogens is 1. The zero-order chi connectivity index (χ0) is 9.26. The van der Waals surface area contributed by atoms with Gasteiger partial charge in [0.15, 0.2) is 0 Å². The minimum Gasteiger partial charge on any atom is -0.396 e. The second-order valence-corrected chi connectivity index (χ2v) is 2.71. The smallest absolute Gasteiger partial charge is 0.123 e. The highest BCUT2D eigenvalue weighted by Crippen LogP contribution is 2.22. The molecule has 1 heterocycles. The van der Waals surface area contributed by atoms with E-state index in [0.717, 1.165) is 0 Å². The zero-order valence-electron chi connectivity index (χ0n) is 6.79. The molecule has 3 nitrogen and oxygen atoms in total. The average molecular weight is 177 g/mol. The normalized spacial score (nSPS) is 10.2. The van der Waals surface area contributed by atoms with E-state index in [0.29, 0.717) is 16.9 Å². The molecule has 0 atom stereocenters. The molecule has 0 fully saturated rings. The van der Waals surface area contributed by atoms with Gasteiger partial charge in [0, 0.05) is 5.56 Å². The van der Waals surface area contributed by atoms with E-state index in [9.17, 15) is 4.39 Å². The molecule has 1 aromatic carbocycles. The first-order valence-corrected chi connectivity index (χ1v) is 3.82. The van der Waals surface area contributed by atoms with E-state index in [4.69, 9.17) is 5.73 Å². The van der Waals surface area contributed by atoms with Crippen LogP contribution in [-0.2, 0) is 0 Å². The average Bonchev–Trinajstić information content (AvgIpc) is 2.51. The van der Waals surface area contributed by atoms with E-state index in [1.54, 1.807) is 12.1 Å². The van der Waals surface area contributed by atoms with Crippen LogP contribution in [0.25, 0.3) is 11.3 Å². The van der Waals surface area contributed by atoms with Gasteiger partial charge in [-0.3, -0.25) is 5.10 Å². The third kappa shape index (κ3) is 1.38. The number of rotatable bonds is 1. The Morgan fingerprint density at radius 2 is 2.23 bits per heavy atom. The summed E-state index contributed by atoms with van der Waals surface area (Å²) >= 11 is 0. The lowest BCUT2D eigenvalue weighted by atomic mass is 10.1. The van der Waals surface area contributed by atoms with Gasteiger partial charge in [-0.05, 0) is 12.1 Å². The number of anilines is 1. The summed E-state index contributed by atoms with van der Waals surface area (Å²) in [6, 6.07) is 6.19. The summed E-state index contributed by atoms with van der Waals surface area (Å²) in [6.07, 6.45) is 1.50. The summed E-state index contributed by atoms with van der Waals surface area (Å²) in [5.41, 5.74) is 7.48. The number of aromatic nitrogens is 2. The number of nitrogen functional groups attached to an aromatic ring is 1. The molecule has 0 spiro atoms. The van der Waals surface area contributed by atoms with Crippen molar-refractivity contribution in [2.24, 2.45) is 0 Å². The van der Waals surface area contributed by atoms with E-state index >= 15 is 0 Å². The van der Waals surface area contributed by atoms with Gasteiger partial charge in [-0.1, -0.05) is 12.1 Å². The number of nitrogens with zero attached hydrogens (tertiary/aromatic N) is 1. The maximum Gasteiger partial charge on any atom is 0.123 e.